The highest BCUT2D eigenvalue weighted by molar-refractivity contribution is 14.0. The summed E-state index contributed by atoms with van der Waals surface area (Å²) < 4.78 is 0. The molecule has 33 heavy (non-hydrogen) atoms. The molecule has 0 spiro atoms. The van der Waals surface area contributed by atoms with Crippen molar-refractivity contribution in [1.29, 1.82) is 0 Å². The number of amides is 1. The highest BCUT2D eigenvalue weighted by Crippen LogP contribution is 2.24. The number of carbonyl (C=O) groups excluding carboxylic acids is 1. The Labute approximate surface area is 217 Å². The van der Waals surface area contributed by atoms with Crippen molar-refractivity contribution >= 4 is 41.7 Å². The monoisotopic (exact) mass is 573 g/mol. The average molecular weight is 574 g/mol. The molecule has 1 aliphatic rings. The van der Waals surface area contributed by atoms with E-state index in [9.17, 15) is 4.79 Å². The van der Waals surface area contributed by atoms with Crippen molar-refractivity contribution in [1.82, 2.24) is 20.5 Å². The van der Waals surface area contributed by atoms with Crippen LogP contribution in [0.1, 0.15) is 59.4 Å². The van der Waals surface area contributed by atoms with Gasteiger partial charge in [0.15, 0.2) is 5.96 Å². The number of nitrogens with zero attached hydrogens (tertiary/aromatic N) is 4. The normalized spacial score (nSPS) is 16.8. The Hall–Kier alpha value is -1.62. The van der Waals surface area contributed by atoms with Gasteiger partial charge in [-0.05, 0) is 59.9 Å². The number of anilines is 1. The molecule has 1 fully saturated rings. The third kappa shape index (κ3) is 9.64. The van der Waals surface area contributed by atoms with Crippen LogP contribution >= 0.6 is 24.0 Å². The van der Waals surface area contributed by atoms with Gasteiger partial charge in [-0.25, -0.2) is 9.98 Å². The third-order valence-corrected chi connectivity index (χ3v) is 5.95. The molecule has 2 heterocycles. The lowest BCUT2D eigenvalue weighted by Crippen LogP contribution is -2.42. The summed E-state index contributed by atoms with van der Waals surface area (Å²) >= 11 is 0. The lowest BCUT2D eigenvalue weighted by atomic mass is 9.97. The van der Waals surface area contributed by atoms with Gasteiger partial charge in [-0.15, -0.1) is 24.0 Å². The summed E-state index contributed by atoms with van der Waals surface area (Å²) in [6.07, 6.45) is 4.66. The SMILES string of the molecule is CCNC(=NCc1cccnc1N1CCCC(C(N)=O)C1)NCCCN(C(C)C)C(C)C.I. The minimum atomic E-state index is -0.225. The topological polar surface area (TPSA) is 98.9 Å². The van der Waals surface area contributed by atoms with Crippen LogP contribution in [0.4, 0.5) is 5.82 Å². The highest BCUT2D eigenvalue weighted by Gasteiger charge is 2.25. The summed E-state index contributed by atoms with van der Waals surface area (Å²) in [5, 5.41) is 6.80. The van der Waals surface area contributed by atoms with Crippen molar-refractivity contribution < 1.29 is 4.79 Å². The van der Waals surface area contributed by atoms with E-state index in [1.165, 1.54) is 0 Å². The zero-order valence-corrected chi connectivity index (χ0v) is 23.3. The number of carbonyl (C=O) groups is 1. The summed E-state index contributed by atoms with van der Waals surface area (Å²) in [6.45, 7) is 15.8. The Morgan fingerprint density at radius 3 is 2.67 bits per heavy atom. The summed E-state index contributed by atoms with van der Waals surface area (Å²) in [4.78, 5) is 25.8. The highest BCUT2D eigenvalue weighted by atomic mass is 127. The largest absolute Gasteiger partial charge is 0.369 e. The van der Waals surface area contributed by atoms with Crippen LogP contribution in [-0.2, 0) is 11.3 Å². The van der Waals surface area contributed by atoms with Crippen molar-refractivity contribution in [3.63, 3.8) is 0 Å². The van der Waals surface area contributed by atoms with Crippen molar-refractivity contribution in [2.45, 2.75) is 72.5 Å². The number of halogens is 1. The van der Waals surface area contributed by atoms with Gasteiger partial charge >= 0.3 is 0 Å². The van der Waals surface area contributed by atoms with E-state index in [-0.39, 0.29) is 35.8 Å². The van der Waals surface area contributed by atoms with E-state index in [1.807, 2.05) is 6.07 Å². The van der Waals surface area contributed by atoms with Gasteiger partial charge in [-0.3, -0.25) is 9.69 Å². The molecule has 1 aromatic rings. The van der Waals surface area contributed by atoms with Gasteiger partial charge in [-0.1, -0.05) is 6.07 Å². The van der Waals surface area contributed by atoms with Crippen molar-refractivity contribution in [2.75, 3.05) is 37.6 Å². The molecule has 1 unspecified atom stereocenters. The first-order chi connectivity index (χ1) is 15.3. The average Bonchev–Trinajstić information content (AvgIpc) is 2.77. The molecule has 0 aliphatic carbocycles. The molecule has 9 heteroatoms. The lowest BCUT2D eigenvalue weighted by molar-refractivity contribution is -0.122. The summed E-state index contributed by atoms with van der Waals surface area (Å²) in [6, 6.07) is 5.10. The van der Waals surface area contributed by atoms with Crippen molar-refractivity contribution in [3.8, 4) is 0 Å². The molecule has 8 nitrogen and oxygen atoms in total. The summed E-state index contributed by atoms with van der Waals surface area (Å²) in [7, 11) is 0. The molecule has 188 valence electrons. The maximum absolute atomic E-state index is 11.7. The lowest BCUT2D eigenvalue weighted by Gasteiger charge is -2.33. The van der Waals surface area contributed by atoms with Crippen molar-refractivity contribution in [3.05, 3.63) is 23.9 Å². The molecule has 1 atom stereocenters. The molecule has 1 amide bonds. The van der Waals surface area contributed by atoms with Crippen LogP contribution in [0.15, 0.2) is 23.3 Å². The predicted octanol–water partition coefficient (Wildman–Crippen LogP) is 2.97. The quantitative estimate of drug-likeness (QED) is 0.163. The Balaban J connectivity index is 0.00000544. The zero-order valence-electron chi connectivity index (χ0n) is 21.0. The van der Waals surface area contributed by atoms with Gasteiger partial charge in [0.05, 0.1) is 12.5 Å². The van der Waals surface area contributed by atoms with Crippen LogP contribution < -0.4 is 21.3 Å². The minimum Gasteiger partial charge on any atom is -0.369 e. The molecule has 1 saturated heterocycles. The molecule has 2 rings (SSSR count). The summed E-state index contributed by atoms with van der Waals surface area (Å²) in [5.41, 5.74) is 6.62. The van der Waals surface area contributed by atoms with E-state index in [0.717, 1.165) is 62.8 Å². The molecule has 1 aromatic heterocycles. The Morgan fingerprint density at radius 1 is 1.30 bits per heavy atom. The van der Waals surface area contributed by atoms with Crippen LogP contribution in [0, 0.1) is 5.92 Å². The van der Waals surface area contributed by atoms with Gasteiger partial charge in [-0.2, -0.15) is 0 Å². The molecule has 0 saturated carbocycles. The van der Waals surface area contributed by atoms with E-state index in [1.54, 1.807) is 6.20 Å². The van der Waals surface area contributed by atoms with Crippen molar-refractivity contribution in [2.24, 2.45) is 16.6 Å². The number of piperidine rings is 1. The van der Waals surface area contributed by atoms with Crippen LogP contribution in [0.2, 0.25) is 0 Å². The van der Waals surface area contributed by atoms with Gasteiger partial charge < -0.3 is 21.3 Å². The first-order valence-corrected chi connectivity index (χ1v) is 12.1. The number of aromatic nitrogens is 1. The van der Waals surface area contributed by atoms with Gasteiger partial charge in [0.1, 0.15) is 5.82 Å². The van der Waals surface area contributed by atoms with E-state index >= 15 is 0 Å². The fraction of sp³-hybridized carbons (Fsp3) is 0.708. The standard InChI is InChI=1S/C24H43N7O.HI/c1-6-26-24(28-13-9-15-31(18(2)3)19(4)5)29-16-20-10-7-12-27-23(20)30-14-8-11-21(17-30)22(25)32;/h7,10,12,18-19,21H,6,8-9,11,13-17H2,1-5H3,(H2,25,32)(H2,26,28,29);1H. The number of guanidine groups is 1. The number of aliphatic imine (C=N–C) groups is 1. The zero-order chi connectivity index (χ0) is 23.5. The van der Waals surface area contributed by atoms with Crippen LogP contribution in [-0.4, -0.2) is 66.6 Å². The first-order valence-electron chi connectivity index (χ1n) is 12.1. The smallest absolute Gasteiger partial charge is 0.222 e. The second-order valence-corrected chi connectivity index (χ2v) is 9.07. The third-order valence-electron chi connectivity index (χ3n) is 5.95. The Bertz CT molecular complexity index is 733. The van der Waals surface area contributed by atoms with Gasteiger partial charge in [0.2, 0.25) is 5.91 Å². The van der Waals surface area contributed by atoms with E-state index < -0.39 is 0 Å². The number of hydrogen-bond acceptors (Lipinski definition) is 5. The summed E-state index contributed by atoms with van der Waals surface area (Å²) in [5.74, 6) is 1.38. The molecular formula is C24H44IN7O. The van der Waals surface area contributed by atoms with Gasteiger partial charge in [0.25, 0.3) is 0 Å². The molecular weight excluding hydrogens is 529 g/mol. The van der Waals surface area contributed by atoms with Gasteiger partial charge in [0, 0.05) is 56.6 Å². The Morgan fingerprint density at radius 2 is 2.03 bits per heavy atom. The number of pyridine rings is 1. The molecule has 1 aliphatic heterocycles. The van der Waals surface area contributed by atoms with E-state index in [0.29, 0.717) is 25.2 Å². The molecule has 0 bridgehead atoms. The molecule has 0 aromatic carbocycles. The number of rotatable bonds is 11. The second kappa shape index (κ2) is 15.3. The minimum absolute atomic E-state index is 0. The van der Waals surface area contributed by atoms with E-state index in [2.05, 4.69) is 66.1 Å². The van der Waals surface area contributed by atoms with Crippen LogP contribution in [0.3, 0.4) is 0 Å². The van der Waals surface area contributed by atoms with Crippen LogP contribution in [0.5, 0.6) is 0 Å². The van der Waals surface area contributed by atoms with E-state index in [4.69, 9.17) is 10.7 Å². The second-order valence-electron chi connectivity index (χ2n) is 9.07. The number of hydrogen-bond donors (Lipinski definition) is 3. The maximum Gasteiger partial charge on any atom is 0.222 e. The number of nitrogens with one attached hydrogen (secondary N) is 2. The predicted molar refractivity (Wildman–Crippen MR) is 148 cm³/mol. The molecule has 4 N–H and O–H groups in total. The fourth-order valence-corrected chi connectivity index (χ4v) is 4.33. The number of nitrogens with two attached hydrogens (primary N) is 1. The Kier molecular flexibility index (Phi) is 13.6. The van der Waals surface area contributed by atoms with Crippen LogP contribution in [0.25, 0.3) is 0 Å². The number of primary amides is 1. The molecule has 0 radical (unpaired) electrons. The first kappa shape index (κ1) is 29.4. The maximum atomic E-state index is 11.7. The fourth-order valence-electron chi connectivity index (χ4n) is 4.33.